The van der Waals surface area contributed by atoms with Gasteiger partial charge in [0.15, 0.2) is 18.0 Å². The van der Waals surface area contributed by atoms with E-state index in [1.165, 1.54) is 26.1 Å². The number of carbonyl (C=O) groups is 1. The second-order valence-electron chi connectivity index (χ2n) is 9.36. The maximum Gasteiger partial charge on any atom is 0.416 e. The first-order valence-corrected chi connectivity index (χ1v) is 13.2. The van der Waals surface area contributed by atoms with Crippen LogP contribution in [0, 0.1) is 0 Å². The zero-order valence-electron chi connectivity index (χ0n) is 23.0. The van der Waals surface area contributed by atoms with Crippen molar-refractivity contribution < 1.29 is 27.4 Å². The molecule has 3 heterocycles. The number of imidazole rings is 1. The molecule has 3 aromatic heterocycles. The molecule has 0 aliphatic rings. The van der Waals surface area contributed by atoms with Gasteiger partial charge in [-0.1, -0.05) is 26.0 Å². The predicted octanol–water partition coefficient (Wildman–Crippen LogP) is 4.00. The number of fused-ring (bicyclic) bond motifs is 1. The summed E-state index contributed by atoms with van der Waals surface area (Å²) in [5.41, 5.74) is -0.681. The van der Waals surface area contributed by atoms with Crippen LogP contribution in [0.5, 0.6) is 0 Å². The van der Waals surface area contributed by atoms with Gasteiger partial charge in [0.25, 0.3) is 5.56 Å². The molecule has 0 amide bonds. The Balaban J connectivity index is 1.75. The fourth-order valence-electron chi connectivity index (χ4n) is 4.45. The quantitative estimate of drug-likeness (QED) is 0.142. The monoisotopic (exact) mass is 576 g/mol. The van der Waals surface area contributed by atoms with Crippen LogP contribution in [-0.2, 0) is 46.8 Å². The molecule has 0 spiro atoms. The van der Waals surface area contributed by atoms with Crippen molar-refractivity contribution in [2.45, 2.75) is 72.6 Å². The van der Waals surface area contributed by atoms with E-state index in [1.807, 2.05) is 13.8 Å². The maximum atomic E-state index is 13.5. The third-order valence-electron chi connectivity index (χ3n) is 6.35. The van der Waals surface area contributed by atoms with Gasteiger partial charge < -0.3 is 9.47 Å². The van der Waals surface area contributed by atoms with E-state index < -0.39 is 29.0 Å². The van der Waals surface area contributed by atoms with Gasteiger partial charge >= 0.3 is 17.8 Å². The number of ether oxygens (including phenoxy) is 2. The summed E-state index contributed by atoms with van der Waals surface area (Å²) in [7, 11) is 0. The molecule has 0 bridgehead atoms. The number of benzene rings is 1. The topological polar surface area (TPSA) is 115 Å². The fraction of sp³-hybridized carbons (Fsp3) is 0.444. The lowest BCUT2D eigenvalue weighted by Gasteiger charge is -2.12. The molecule has 14 heteroatoms. The number of aryl methyl sites for hydroxylation is 1. The number of hydrogen-bond donors (Lipinski definition) is 0. The molecule has 0 radical (unpaired) electrons. The normalized spacial score (nSPS) is 11.9. The molecule has 220 valence electrons. The molecule has 0 N–H and O–H groups in total. The van der Waals surface area contributed by atoms with Crippen molar-refractivity contribution in [3.8, 4) is 11.4 Å². The van der Waals surface area contributed by atoms with E-state index in [0.717, 1.165) is 16.7 Å². The Morgan fingerprint density at radius 3 is 2.51 bits per heavy atom. The summed E-state index contributed by atoms with van der Waals surface area (Å²) in [4.78, 5) is 42.9. The Bertz CT molecular complexity index is 1650. The highest BCUT2D eigenvalue weighted by Gasteiger charge is 2.30. The van der Waals surface area contributed by atoms with Crippen LogP contribution in [0.25, 0.3) is 22.6 Å². The smallest absolute Gasteiger partial charge is 0.416 e. The van der Waals surface area contributed by atoms with Gasteiger partial charge in [-0.3, -0.25) is 28.0 Å². The number of alkyl halides is 3. The van der Waals surface area contributed by atoms with Crippen LogP contribution in [0.15, 0.2) is 46.2 Å². The van der Waals surface area contributed by atoms with Crippen LogP contribution >= 0.6 is 0 Å². The zero-order valence-corrected chi connectivity index (χ0v) is 23.0. The number of aromatic nitrogens is 6. The van der Waals surface area contributed by atoms with Crippen LogP contribution in [0.4, 0.5) is 13.2 Å². The minimum absolute atomic E-state index is 0.0526. The number of esters is 1. The van der Waals surface area contributed by atoms with Gasteiger partial charge in [-0.2, -0.15) is 18.3 Å². The molecule has 0 aliphatic carbocycles. The van der Waals surface area contributed by atoms with E-state index in [1.54, 1.807) is 19.2 Å². The summed E-state index contributed by atoms with van der Waals surface area (Å²) in [5, 5.41) is 4.28. The third-order valence-corrected chi connectivity index (χ3v) is 6.35. The number of carbonyl (C=O) groups excluding carboxylic acids is 1. The summed E-state index contributed by atoms with van der Waals surface area (Å²) >= 11 is 0. The standard InChI is InChI=1S/C27H31F3N6O5/c1-4-8-21(37)41-17-40-16-36-22-24(34(6-3)26(39)35(11-5-2)25(22)38)32-23(36)19-13-31-33(15-19)14-18-9-7-10-20(12-18)27(28,29)30/h7,9-10,12-13,15H,4-6,8,11,14,16-17H2,1-3H3. The molecule has 1 aromatic carbocycles. The summed E-state index contributed by atoms with van der Waals surface area (Å²) < 4.78 is 55.6. The van der Waals surface area contributed by atoms with Crippen molar-refractivity contribution in [2.75, 3.05) is 6.79 Å². The molecule has 0 fully saturated rings. The zero-order chi connectivity index (χ0) is 29.7. The van der Waals surface area contributed by atoms with Crippen molar-refractivity contribution in [2.24, 2.45) is 0 Å². The molecule has 0 saturated heterocycles. The Morgan fingerprint density at radius 1 is 1.05 bits per heavy atom. The summed E-state index contributed by atoms with van der Waals surface area (Å²) in [5.74, 6) is -0.174. The average molecular weight is 577 g/mol. The lowest BCUT2D eigenvalue weighted by atomic mass is 10.1. The first-order valence-electron chi connectivity index (χ1n) is 13.2. The van der Waals surface area contributed by atoms with E-state index in [4.69, 9.17) is 9.47 Å². The fourth-order valence-corrected chi connectivity index (χ4v) is 4.45. The molecular formula is C27H31F3N6O5. The highest BCUT2D eigenvalue weighted by molar-refractivity contribution is 5.76. The Labute approximate surface area is 232 Å². The van der Waals surface area contributed by atoms with Crippen LogP contribution in [0.2, 0.25) is 0 Å². The van der Waals surface area contributed by atoms with Gasteiger partial charge in [0.1, 0.15) is 12.6 Å². The van der Waals surface area contributed by atoms with Crippen molar-refractivity contribution in [3.63, 3.8) is 0 Å². The second kappa shape index (κ2) is 12.5. The van der Waals surface area contributed by atoms with Crippen molar-refractivity contribution in [1.29, 1.82) is 0 Å². The predicted molar refractivity (Wildman–Crippen MR) is 143 cm³/mol. The van der Waals surface area contributed by atoms with E-state index >= 15 is 0 Å². The molecular weight excluding hydrogens is 545 g/mol. The molecule has 4 rings (SSSR count). The third kappa shape index (κ3) is 6.42. The summed E-state index contributed by atoms with van der Waals surface area (Å²) in [6.07, 6.45) is -0.0224. The summed E-state index contributed by atoms with van der Waals surface area (Å²) in [6.45, 7) is 5.37. The molecule has 0 saturated carbocycles. The molecule has 0 atom stereocenters. The van der Waals surface area contributed by atoms with Crippen LogP contribution in [0.3, 0.4) is 0 Å². The molecule has 4 aromatic rings. The average Bonchev–Trinajstić information content (AvgIpc) is 3.54. The van der Waals surface area contributed by atoms with Gasteiger partial charge in [0.2, 0.25) is 0 Å². The maximum absolute atomic E-state index is 13.5. The van der Waals surface area contributed by atoms with Crippen LogP contribution < -0.4 is 11.2 Å². The van der Waals surface area contributed by atoms with Gasteiger partial charge in [-0.05, 0) is 37.5 Å². The number of halogens is 3. The lowest BCUT2D eigenvalue weighted by molar-refractivity contribution is -0.159. The Kier molecular flexibility index (Phi) is 9.11. The first kappa shape index (κ1) is 29.8. The Morgan fingerprint density at radius 2 is 1.83 bits per heavy atom. The van der Waals surface area contributed by atoms with Crippen LogP contribution in [0.1, 0.15) is 51.2 Å². The highest BCUT2D eigenvalue weighted by Crippen LogP contribution is 2.30. The minimum Gasteiger partial charge on any atom is -0.438 e. The molecule has 0 aliphatic heterocycles. The van der Waals surface area contributed by atoms with Gasteiger partial charge in [0.05, 0.1) is 23.9 Å². The largest absolute Gasteiger partial charge is 0.438 e. The highest BCUT2D eigenvalue weighted by atomic mass is 19.4. The van der Waals surface area contributed by atoms with E-state index in [0.29, 0.717) is 24.0 Å². The minimum atomic E-state index is -4.47. The second-order valence-corrected chi connectivity index (χ2v) is 9.36. The first-order chi connectivity index (χ1) is 19.6. The Hall–Kier alpha value is -4.20. The van der Waals surface area contributed by atoms with Gasteiger partial charge in [-0.15, -0.1) is 0 Å². The molecule has 41 heavy (non-hydrogen) atoms. The van der Waals surface area contributed by atoms with Crippen molar-refractivity contribution in [3.05, 3.63) is 68.6 Å². The van der Waals surface area contributed by atoms with Gasteiger partial charge in [-0.25, -0.2) is 9.78 Å². The van der Waals surface area contributed by atoms with Crippen molar-refractivity contribution >= 4 is 17.1 Å². The van der Waals surface area contributed by atoms with Crippen molar-refractivity contribution in [1.82, 2.24) is 28.5 Å². The van der Waals surface area contributed by atoms with E-state index in [9.17, 15) is 27.6 Å². The molecule has 11 nitrogen and oxygen atoms in total. The van der Waals surface area contributed by atoms with Gasteiger partial charge in [0, 0.05) is 25.7 Å². The molecule has 0 unspecified atom stereocenters. The van der Waals surface area contributed by atoms with Crippen LogP contribution in [-0.4, -0.2) is 41.2 Å². The number of nitrogens with zero attached hydrogens (tertiary/aromatic N) is 6. The van der Waals surface area contributed by atoms with E-state index in [2.05, 4.69) is 10.1 Å². The number of rotatable bonds is 12. The van der Waals surface area contributed by atoms with E-state index in [-0.39, 0.29) is 56.6 Å². The number of hydrogen-bond acceptors (Lipinski definition) is 7. The lowest BCUT2D eigenvalue weighted by Crippen LogP contribution is -2.40. The summed E-state index contributed by atoms with van der Waals surface area (Å²) in [6, 6.07) is 4.95. The SMILES string of the molecule is CCCC(=O)OCOCn1c(-c2cnn(Cc3cccc(C(F)(F)F)c3)c2)nc2c1c(=O)n(CCC)c(=O)n2CC.